The highest BCUT2D eigenvalue weighted by atomic mass is 16.5. The summed E-state index contributed by atoms with van der Waals surface area (Å²) >= 11 is 0. The molecule has 0 radical (unpaired) electrons. The number of H-pyrrole nitrogens is 1. The highest BCUT2D eigenvalue weighted by Gasteiger charge is 2.11. The van der Waals surface area contributed by atoms with E-state index in [2.05, 4.69) is 20.7 Å². The minimum Gasteiger partial charge on any atom is -0.427 e. The van der Waals surface area contributed by atoms with E-state index in [-0.39, 0.29) is 11.9 Å². The summed E-state index contributed by atoms with van der Waals surface area (Å²) in [6.45, 7) is 5.12. The topological polar surface area (TPSA) is 96.4 Å². The fourth-order valence-corrected chi connectivity index (χ4v) is 2.50. The first-order chi connectivity index (χ1) is 13.4. The Labute approximate surface area is 162 Å². The summed E-state index contributed by atoms with van der Waals surface area (Å²) in [4.78, 5) is 23.3. The Morgan fingerprint density at radius 2 is 1.71 bits per heavy atom. The maximum absolute atomic E-state index is 12.3. The average Bonchev–Trinajstić information content (AvgIpc) is 3.17. The van der Waals surface area contributed by atoms with E-state index in [0.29, 0.717) is 22.8 Å². The summed E-state index contributed by atoms with van der Waals surface area (Å²) in [5.41, 5.74) is 7.00. The van der Waals surface area contributed by atoms with Gasteiger partial charge in [-0.05, 0) is 49.7 Å². The smallest absolute Gasteiger partial charge is 0.308 e. The molecule has 0 aliphatic rings. The number of rotatable bonds is 5. The van der Waals surface area contributed by atoms with Crippen LogP contribution in [0.5, 0.6) is 5.75 Å². The van der Waals surface area contributed by atoms with E-state index < -0.39 is 0 Å². The van der Waals surface area contributed by atoms with Gasteiger partial charge in [-0.3, -0.25) is 14.7 Å². The largest absolute Gasteiger partial charge is 0.427 e. The number of nitrogens with one attached hydrogen (secondary N) is 2. The van der Waals surface area contributed by atoms with E-state index in [4.69, 9.17) is 4.74 Å². The van der Waals surface area contributed by atoms with E-state index in [0.717, 1.165) is 16.7 Å². The number of aryl methyl sites for hydroxylation is 1. The molecule has 1 amide bonds. The lowest BCUT2D eigenvalue weighted by Crippen LogP contribution is -2.19. The van der Waals surface area contributed by atoms with Crippen LogP contribution in [0, 0.1) is 6.92 Å². The van der Waals surface area contributed by atoms with Gasteiger partial charge in [-0.1, -0.05) is 29.8 Å². The SMILES string of the molecule is CC(=O)Oc1ccc(/C(C)=N\NC(=O)c2cc(-c3ccc(C)cc3)n[nH]2)cc1. The van der Waals surface area contributed by atoms with Crippen molar-refractivity contribution in [2.45, 2.75) is 20.8 Å². The van der Waals surface area contributed by atoms with E-state index in [1.807, 2.05) is 31.2 Å². The second-order valence-corrected chi connectivity index (χ2v) is 6.29. The van der Waals surface area contributed by atoms with Crippen molar-refractivity contribution in [2.24, 2.45) is 5.10 Å². The third-order valence-corrected chi connectivity index (χ3v) is 4.03. The van der Waals surface area contributed by atoms with Crippen LogP contribution in [0.15, 0.2) is 59.7 Å². The summed E-state index contributed by atoms with van der Waals surface area (Å²) in [5.74, 6) is -0.314. The average molecular weight is 376 g/mol. The Kier molecular flexibility index (Phi) is 5.64. The number of hydrazone groups is 1. The highest BCUT2D eigenvalue weighted by molar-refractivity contribution is 6.00. The van der Waals surface area contributed by atoms with Gasteiger partial charge >= 0.3 is 5.97 Å². The molecule has 0 unspecified atom stereocenters. The minimum absolute atomic E-state index is 0.317. The number of amides is 1. The molecule has 7 heteroatoms. The molecule has 1 aromatic heterocycles. The van der Waals surface area contributed by atoms with Gasteiger partial charge in [-0.15, -0.1) is 0 Å². The summed E-state index contributed by atoms with van der Waals surface area (Å²) in [7, 11) is 0. The van der Waals surface area contributed by atoms with Gasteiger partial charge in [0.05, 0.1) is 11.4 Å². The van der Waals surface area contributed by atoms with Gasteiger partial charge < -0.3 is 4.74 Å². The lowest BCUT2D eigenvalue weighted by atomic mass is 10.1. The van der Waals surface area contributed by atoms with Crippen LogP contribution in [0.4, 0.5) is 0 Å². The molecular formula is C21H20N4O3. The van der Waals surface area contributed by atoms with E-state index >= 15 is 0 Å². The molecule has 7 nitrogen and oxygen atoms in total. The van der Waals surface area contributed by atoms with Crippen molar-refractivity contribution >= 4 is 17.6 Å². The molecule has 0 saturated heterocycles. The van der Waals surface area contributed by atoms with Crippen molar-refractivity contribution < 1.29 is 14.3 Å². The molecule has 0 atom stereocenters. The van der Waals surface area contributed by atoms with Crippen molar-refractivity contribution in [2.75, 3.05) is 0 Å². The van der Waals surface area contributed by atoms with Gasteiger partial charge in [0.25, 0.3) is 5.91 Å². The number of hydrogen-bond donors (Lipinski definition) is 2. The zero-order valence-electron chi connectivity index (χ0n) is 15.8. The predicted molar refractivity (Wildman–Crippen MR) is 106 cm³/mol. The number of esters is 1. The van der Waals surface area contributed by atoms with Crippen LogP contribution < -0.4 is 10.2 Å². The van der Waals surface area contributed by atoms with Gasteiger partial charge in [0.15, 0.2) is 0 Å². The lowest BCUT2D eigenvalue weighted by Gasteiger charge is -2.04. The fourth-order valence-electron chi connectivity index (χ4n) is 2.50. The van der Waals surface area contributed by atoms with Gasteiger partial charge in [0, 0.05) is 12.5 Å². The van der Waals surface area contributed by atoms with E-state index in [9.17, 15) is 9.59 Å². The van der Waals surface area contributed by atoms with Crippen LogP contribution in [0.1, 0.15) is 35.5 Å². The van der Waals surface area contributed by atoms with Crippen molar-refractivity contribution in [3.05, 3.63) is 71.4 Å². The van der Waals surface area contributed by atoms with Crippen molar-refractivity contribution in [1.82, 2.24) is 15.6 Å². The summed E-state index contributed by atoms with van der Waals surface area (Å²) in [6.07, 6.45) is 0. The molecule has 2 N–H and O–H groups in total. The first-order valence-corrected chi connectivity index (χ1v) is 8.68. The molecular weight excluding hydrogens is 356 g/mol. The second kappa shape index (κ2) is 8.30. The maximum atomic E-state index is 12.3. The van der Waals surface area contributed by atoms with Crippen LogP contribution in [-0.4, -0.2) is 27.8 Å². The van der Waals surface area contributed by atoms with Crippen LogP contribution >= 0.6 is 0 Å². The zero-order chi connectivity index (χ0) is 20.1. The van der Waals surface area contributed by atoms with Crippen LogP contribution in [-0.2, 0) is 4.79 Å². The fraction of sp³-hybridized carbons (Fsp3) is 0.143. The van der Waals surface area contributed by atoms with Crippen LogP contribution in [0.3, 0.4) is 0 Å². The van der Waals surface area contributed by atoms with Gasteiger partial charge in [0.2, 0.25) is 0 Å². The minimum atomic E-state index is -0.387. The Morgan fingerprint density at radius 1 is 1.04 bits per heavy atom. The zero-order valence-corrected chi connectivity index (χ0v) is 15.8. The lowest BCUT2D eigenvalue weighted by molar-refractivity contribution is -0.131. The standard InChI is InChI=1S/C21H20N4O3/c1-13-4-6-17(7-5-13)19-12-20(24-23-19)21(27)25-22-14(2)16-8-10-18(11-9-16)28-15(3)26/h4-12H,1-3H3,(H,23,24)(H,25,27)/b22-14-. The number of aromatic amines is 1. The number of hydrogen-bond acceptors (Lipinski definition) is 5. The normalized spacial score (nSPS) is 11.2. The highest BCUT2D eigenvalue weighted by Crippen LogP contribution is 2.18. The number of ether oxygens (including phenoxy) is 1. The molecule has 0 spiro atoms. The first kappa shape index (κ1) is 19.0. The number of carbonyl (C=O) groups is 2. The van der Waals surface area contributed by atoms with Crippen molar-refractivity contribution in [1.29, 1.82) is 0 Å². The molecule has 1 heterocycles. The monoisotopic (exact) mass is 376 g/mol. The number of nitrogens with zero attached hydrogens (tertiary/aromatic N) is 2. The Balaban J connectivity index is 1.66. The maximum Gasteiger partial charge on any atom is 0.308 e. The second-order valence-electron chi connectivity index (χ2n) is 6.29. The predicted octanol–water partition coefficient (Wildman–Crippen LogP) is 3.46. The Hall–Kier alpha value is -3.74. The molecule has 0 aliphatic carbocycles. The first-order valence-electron chi connectivity index (χ1n) is 8.68. The third-order valence-electron chi connectivity index (χ3n) is 4.03. The van der Waals surface area contributed by atoms with Gasteiger partial charge in [-0.25, -0.2) is 5.43 Å². The number of benzene rings is 2. The van der Waals surface area contributed by atoms with Crippen LogP contribution in [0.2, 0.25) is 0 Å². The summed E-state index contributed by atoms with van der Waals surface area (Å²) in [5, 5.41) is 11.0. The van der Waals surface area contributed by atoms with Gasteiger partial charge in [-0.2, -0.15) is 10.2 Å². The van der Waals surface area contributed by atoms with Crippen LogP contribution in [0.25, 0.3) is 11.3 Å². The quantitative estimate of drug-likeness (QED) is 0.308. The summed E-state index contributed by atoms with van der Waals surface area (Å²) in [6, 6.07) is 16.4. The van der Waals surface area contributed by atoms with Crippen molar-refractivity contribution in [3.63, 3.8) is 0 Å². The molecule has 28 heavy (non-hydrogen) atoms. The van der Waals surface area contributed by atoms with E-state index in [1.54, 1.807) is 37.3 Å². The summed E-state index contributed by atoms with van der Waals surface area (Å²) < 4.78 is 4.99. The van der Waals surface area contributed by atoms with Gasteiger partial charge in [0.1, 0.15) is 11.4 Å². The number of carbonyl (C=O) groups excluding carboxylic acids is 2. The molecule has 3 aromatic rings. The number of aromatic nitrogens is 2. The van der Waals surface area contributed by atoms with E-state index in [1.165, 1.54) is 6.92 Å². The molecule has 142 valence electrons. The Bertz CT molecular complexity index is 1020. The van der Waals surface area contributed by atoms with Crippen molar-refractivity contribution in [3.8, 4) is 17.0 Å². The molecule has 0 fully saturated rings. The molecule has 0 aliphatic heterocycles. The Morgan fingerprint density at radius 3 is 2.36 bits per heavy atom. The molecule has 0 saturated carbocycles. The third kappa shape index (κ3) is 4.70. The molecule has 2 aromatic carbocycles. The molecule has 0 bridgehead atoms. The molecule has 3 rings (SSSR count).